The molecule has 112 valence electrons. The number of anilines is 1. The van der Waals surface area contributed by atoms with Crippen LogP contribution in [0.5, 0.6) is 0 Å². The van der Waals surface area contributed by atoms with Crippen molar-refractivity contribution in [2.24, 2.45) is 5.41 Å². The van der Waals surface area contributed by atoms with Crippen molar-refractivity contribution in [2.75, 3.05) is 25.6 Å². The number of methoxy groups -OCH3 is 1. The van der Waals surface area contributed by atoms with Gasteiger partial charge in [0.1, 0.15) is 0 Å². The van der Waals surface area contributed by atoms with E-state index in [0.29, 0.717) is 0 Å². The third-order valence-corrected chi connectivity index (χ3v) is 3.19. The topological polar surface area (TPSA) is 50.4 Å². The molecule has 0 spiro atoms. The average Bonchev–Trinajstić information content (AvgIpc) is 2.38. The predicted octanol–water partition coefficient (Wildman–Crippen LogP) is 2.80. The van der Waals surface area contributed by atoms with E-state index in [1.807, 2.05) is 24.3 Å². The first-order chi connectivity index (χ1) is 9.43. The maximum atomic E-state index is 10.9. The molecule has 0 aliphatic carbocycles. The standard InChI is InChI=1S/C16H26N2O2/c1-13(19)18-15-7-5-14(6-8-15)11-17-12-16(2,3)9-10-20-4/h5-8,17H,9-12H2,1-4H3,(H,18,19). The Hall–Kier alpha value is -1.39. The lowest BCUT2D eigenvalue weighted by Crippen LogP contribution is -2.30. The number of carbonyl (C=O) groups is 1. The lowest BCUT2D eigenvalue weighted by Gasteiger charge is -2.24. The Morgan fingerprint density at radius 3 is 2.45 bits per heavy atom. The zero-order valence-corrected chi connectivity index (χ0v) is 13.0. The number of hydrogen-bond acceptors (Lipinski definition) is 3. The molecule has 0 heterocycles. The number of rotatable bonds is 8. The van der Waals surface area contributed by atoms with Gasteiger partial charge in [0.15, 0.2) is 0 Å². The summed E-state index contributed by atoms with van der Waals surface area (Å²) in [5.74, 6) is -0.0456. The number of carbonyl (C=O) groups excluding carboxylic acids is 1. The number of amides is 1. The first-order valence-electron chi connectivity index (χ1n) is 6.99. The van der Waals surface area contributed by atoms with Gasteiger partial charge in [0.25, 0.3) is 0 Å². The summed E-state index contributed by atoms with van der Waals surface area (Å²) in [5, 5.41) is 6.23. The Kier molecular flexibility index (Phi) is 6.68. The summed E-state index contributed by atoms with van der Waals surface area (Å²) < 4.78 is 5.12. The highest BCUT2D eigenvalue weighted by molar-refractivity contribution is 5.88. The van der Waals surface area contributed by atoms with Crippen LogP contribution < -0.4 is 10.6 Å². The van der Waals surface area contributed by atoms with Gasteiger partial charge in [0, 0.05) is 39.4 Å². The summed E-state index contributed by atoms with van der Waals surface area (Å²) in [6, 6.07) is 7.91. The SMILES string of the molecule is COCCC(C)(C)CNCc1ccc(NC(C)=O)cc1. The molecule has 0 radical (unpaired) electrons. The van der Waals surface area contributed by atoms with Crippen LogP contribution >= 0.6 is 0 Å². The monoisotopic (exact) mass is 278 g/mol. The molecule has 1 aromatic rings. The Bertz CT molecular complexity index is 413. The number of ether oxygens (including phenoxy) is 1. The molecule has 4 heteroatoms. The highest BCUT2D eigenvalue weighted by atomic mass is 16.5. The number of nitrogens with one attached hydrogen (secondary N) is 2. The van der Waals surface area contributed by atoms with Gasteiger partial charge < -0.3 is 15.4 Å². The third kappa shape index (κ3) is 6.68. The van der Waals surface area contributed by atoms with Gasteiger partial charge in [0.05, 0.1) is 0 Å². The number of hydrogen-bond donors (Lipinski definition) is 2. The van der Waals surface area contributed by atoms with E-state index in [1.54, 1.807) is 7.11 Å². The smallest absolute Gasteiger partial charge is 0.221 e. The molecule has 0 atom stereocenters. The summed E-state index contributed by atoms with van der Waals surface area (Å²) in [6.07, 6.45) is 1.04. The summed E-state index contributed by atoms with van der Waals surface area (Å²) in [5.41, 5.74) is 2.27. The van der Waals surface area contributed by atoms with E-state index in [4.69, 9.17) is 4.74 Å². The quantitative estimate of drug-likeness (QED) is 0.769. The third-order valence-electron chi connectivity index (χ3n) is 3.19. The Morgan fingerprint density at radius 2 is 1.90 bits per heavy atom. The average molecular weight is 278 g/mol. The maximum Gasteiger partial charge on any atom is 0.221 e. The molecule has 0 aliphatic heterocycles. The van der Waals surface area contributed by atoms with Crippen molar-refractivity contribution in [3.05, 3.63) is 29.8 Å². The van der Waals surface area contributed by atoms with E-state index < -0.39 is 0 Å². The van der Waals surface area contributed by atoms with Gasteiger partial charge in [-0.25, -0.2) is 0 Å². The van der Waals surface area contributed by atoms with Crippen LogP contribution in [0.15, 0.2) is 24.3 Å². The van der Waals surface area contributed by atoms with Crippen LogP contribution in [0.2, 0.25) is 0 Å². The molecule has 0 aliphatic rings. The molecule has 0 aromatic heterocycles. The molecular formula is C16H26N2O2. The van der Waals surface area contributed by atoms with Crippen LogP contribution in [-0.2, 0) is 16.1 Å². The predicted molar refractivity (Wildman–Crippen MR) is 82.7 cm³/mol. The molecule has 1 amide bonds. The molecule has 4 nitrogen and oxygen atoms in total. The minimum Gasteiger partial charge on any atom is -0.385 e. The first kappa shape index (κ1) is 16.7. The van der Waals surface area contributed by atoms with Gasteiger partial charge in [-0.3, -0.25) is 4.79 Å². The van der Waals surface area contributed by atoms with Gasteiger partial charge in [-0.05, 0) is 29.5 Å². The van der Waals surface area contributed by atoms with Crippen LogP contribution in [0.25, 0.3) is 0 Å². The second kappa shape index (κ2) is 8.02. The van der Waals surface area contributed by atoms with E-state index >= 15 is 0 Å². The van der Waals surface area contributed by atoms with Crippen molar-refractivity contribution in [3.63, 3.8) is 0 Å². The number of benzene rings is 1. The van der Waals surface area contributed by atoms with Crippen LogP contribution in [0.4, 0.5) is 5.69 Å². The normalized spacial score (nSPS) is 11.4. The Labute approximate surface area is 121 Å². The Balaban J connectivity index is 2.36. The van der Waals surface area contributed by atoms with E-state index in [-0.39, 0.29) is 11.3 Å². The molecule has 0 saturated heterocycles. The highest BCUT2D eigenvalue weighted by Crippen LogP contribution is 2.19. The van der Waals surface area contributed by atoms with Crippen LogP contribution in [0.1, 0.15) is 32.8 Å². The van der Waals surface area contributed by atoms with E-state index in [0.717, 1.165) is 31.8 Å². The molecule has 2 N–H and O–H groups in total. The minimum absolute atomic E-state index is 0.0456. The summed E-state index contributed by atoms with van der Waals surface area (Å²) >= 11 is 0. The van der Waals surface area contributed by atoms with Gasteiger partial charge in [-0.15, -0.1) is 0 Å². The summed E-state index contributed by atoms with van der Waals surface area (Å²) in [6.45, 7) is 8.55. The fourth-order valence-corrected chi connectivity index (χ4v) is 1.92. The zero-order valence-electron chi connectivity index (χ0n) is 13.0. The van der Waals surface area contributed by atoms with Crippen LogP contribution in [0, 0.1) is 5.41 Å². The molecular weight excluding hydrogens is 252 g/mol. The van der Waals surface area contributed by atoms with Crippen LogP contribution in [0.3, 0.4) is 0 Å². The van der Waals surface area contributed by atoms with Crippen molar-refractivity contribution < 1.29 is 9.53 Å². The van der Waals surface area contributed by atoms with Crippen molar-refractivity contribution in [2.45, 2.75) is 33.7 Å². The van der Waals surface area contributed by atoms with Crippen LogP contribution in [-0.4, -0.2) is 26.2 Å². The molecule has 0 unspecified atom stereocenters. The minimum atomic E-state index is -0.0456. The fourth-order valence-electron chi connectivity index (χ4n) is 1.92. The highest BCUT2D eigenvalue weighted by Gasteiger charge is 2.16. The molecule has 0 bridgehead atoms. The maximum absolute atomic E-state index is 10.9. The second-order valence-corrected chi connectivity index (χ2v) is 5.89. The van der Waals surface area contributed by atoms with Gasteiger partial charge >= 0.3 is 0 Å². The summed E-state index contributed by atoms with van der Waals surface area (Å²) in [4.78, 5) is 10.9. The van der Waals surface area contributed by atoms with Crippen molar-refractivity contribution in [3.8, 4) is 0 Å². The summed E-state index contributed by atoms with van der Waals surface area (Å²) in [7, 11) is 1.74. The Morgan fingerprint density at radius 1 is 1.25 bits per heavy atom. The second-order valence-electron chi connectivity index (χ2n) is 5.89. The lowest BCUT2D eigenvalue weighted by molar-refractivity contribution is -0.114. The van der Waals surface area contributed by atoms with E-state index in [2.05, 4.69) is 24.5 Å². The first-order valence-corrected chi connectivity index (χ1v) is 6.99. The van der Waals surface area contributed by atoms with E-state index in [1.165, 1.54) is 12.5 Å². The van der Waals surface area contributed by atoms with Crippen molar-refractivity contribution in [1.29, 1.82) is 0 Å². The lowest BCUT2D eigenvalue weighted by atomic mass is 9.89. The molecule has 0 fully saturated rings. The molecule has 20 heavy (non-hydrogen) atoms. The van der Waals surface area contributed by atoms with Gasteiger partial charge in [0.2, 0.25) is 5.91 Å². The largest absolute Gasteiger partial charge is 0.385 e. The molecule has 1 aromatic carbocycles. The fraction of sp³-hybridized carbons (Fsp3) is 0.562. The van der Waals surface area contributed by atoms with E-state index in [9.17, 15) is 4.79 Å². The van der Waals surface area contributed by atoms with Crippen molar-refractivity contribution >= 4 is 11.6 Å². The van der Waals surface area contributed by atoms with Gasteiger partial charge in [-0.1, -0.05) is 26.0 Å². The molecule has 0 saturated carbocycles. The van der Waals surface area contributed by atoms with Crippen molar-refractivity contribution in [1.82, 2.24) is 5.32 Å². The molecule has 1 rings (SSSR count). The van der Waals surface area contributed by atoms with Gasteiger partial charge in [-0.2, -0.15) is 0 Å². The zero-order chi connectivity index (χ0) is 15.0.